The highest BCUT2D eigenvalue weighted by Gasteiger charge is 2.30. The lowest BCUT2D eigenvalue weighted by molar-refractivity contribution is 0.0782. The van der Waals surface area contributed by atoms with Gasteiger partial charge in [0.1, 0.15) is 5.52 Å². The van der Waals surface area contributed by atoms with Gasteiger partial charge in [-0.3, -0.25) is 4.79 Å². The first-order valence-electron chi connectivity index (χ1n) is 9.75. The van der Waals surface area contributed by atoms with E-state index in [-0.39, 0.29) is 17.9 Å². The number of nitrogens with zero attached hydrogens (tertiary/aromatic N) is 4. The molecule has 152 valence electrons. The summed E-state index contributed by atoms with van der Waals surface area (Å²) in [7, 11) is 5.11. The van der Waals surface area contributed by atoms with Crippen molar-refractivity contribution in [2.75, 3.05) is 27.8 Å². The van der Waals surface area contributed by atoms with Crippen LogP contribution in [0.3, 0.4) is 0 Å². The molecule has 7 heteroatoms. The molecule has 1 amide bonds. The predicted molar refractivity (Wildman–Crippen MR) is 111 cm³/mol. The number of aromatic nitrogens is 3. The number of rotatable bonds is 6. The van der Waals surface area contributed by atoms with Crippen LogP contribution >= 0.6 is 0 Å². The van der Waals surface area contributed by atoms with Crippen molar-refractivity contribution in [1.29, 1.82) is 0 Å². The molecule has 7 nitrogen and oxygen atoms in total. The van der Waals surface area contributed by atoms with Crippen LogP contribution in [0.25, 0.3) is 11.2 Å². The van der Waals surface area contributed by atoms with Crippen molar-refractivity contribution in [3.63, 3.8) is 0 Å². The third-order valence-corrected chi connectivity index (χ3v) is 5.61. The van der Waals surface area contributed by atoms with Crippen molar-refractivity contribution >= 4 is 17.1 Å². The smallest absolute Gasteiger partial charge is 0.255 e. The Labute approximate surface area is 170 Å². The first-order chi connectivity index (χ1) is 13.9. The van der Waals surface area contributed by atoms with Crippen LogP contribution in [-0.2, 0) is 6.42 Å². The Balaban J connectivity index is 1.50. The number of likely N-dealkylation sites (N-methyl/N-ethyl adjacent to an activating group) is 1. The molecule has 0 aliphatic heterocycles. The van der Waals surface area contributed by atoms with E-state index < -0.39 is 0 Å². The number of carbonyl (C=O) groups excluding carboxylic acids is 1. The molecule has 2 heterocycles. The maximum Gasteiger partial charge on any atom is 0.255 e. The molecular formula is C22H26N4O3. The number of pyridine rings is 1. The topological polar surface area (TPSA) is 69.5 Å². The average Bonchev–Trinajstić information content (AvgIpc) is 3.14. The standard InChI is InChI=1S/C22H26N4O3/c1-13(2)26-12-24-18-7-15(10-23-21(18)26)22(27)25(3)11-16-6-14-8-19(28-4)20(29-5)9-17(14)16/h7-10,12-13,16H,6,11H2,1-5H3/t16-/m1/s1. The molecule has 0 bridgehead atoms. The number of fused-ring (bicyclic) bond motifs is 2. The summed E-state index contributed by atoms with van der Waals surface area (Å²) in [5.74, 6) is 1.71. The SMILES string of the molecule is COc1cc2c(cc1OC)[C@@H](CN(C)C(=O)c1cnc3c(c1)ncn3C(C)C)C2. The van der Waals surface area contributed by atoms with E-state index in [4.69, 9.17) is 9.47 Å². The van der Waals surface area contributed by atoms with Crippen LogP contribution < -0.4 is 9.47 Å². The van der Waals surface area contributed by atoms with Gasteiger partial charge in [0, 0.05) is 31.7 Å². The number of amides is 1. The number of hydrogen-bond acceptors (Lipinski definition) is 5. The number of ether oxygens (including phenoxy) is 2. The maximum absolute atomic E-state index is 12.9. The first kappa shape index (κ1) is 19.2. The van der Waals surface area contributed by atoms with E-state index in [1.807, 2.05) is 29.8 Å². The van der Waals surface area contributed by atoms with Gasteiger partial charge in [-0.05, 0) is 49.6 Å². The zero-order chi connectivity index (χ0) is 20.7. The predicted octanol–water partition coefficient (Wildman–Crippen LogP) is 3.44. The number of benzene rings is 1. The zero-order valence-corrected chi connectivity index (χ0v) is 17.5. The fourth-order valence-corrected chi connectivity index (χ4v) is 3.95. The summed E-state index contributed by atoms with van der Waals surface area (Å²) < 4.78 is 12.8. The zero-order valence-electron chi connectivity index (χ0n) is 17.5. The van der Waals surface area contributed by atoms with Crippen molar-refractivity contribution in [3.05, 3.63) is 47.4 Å². The van der Waals surface area contributed by atoms with Crippen molar-refractivity contribution in [3.8, 4) is 11.5 Å². The Kier molecular flexibility index (Phi) is 4.90. The molecule has 0 spiro atoms. The minimum absolute atomic E-state index is 0.0487. The lowest BCUT2D eigenvalue weighted by Crippen LogP contribution is -2.35. The van der Waals surface area contributed by atoms with E-state index in [1.54, 1.807) is 31.6 Å². The molecule has 0 unspecified atom stereocenters. The van der Waals surface area contributed by atoms with Crippen LogP contribution in [0.5, 0.6) is 11.5 Å². The summed E-state index contributed by atoms with van der Waals surface area (Å²) in [6.07, 6.45) is 4.33. The van der Waals surface area contributed by atoms with Crippen LogP contribution in [0, 0.1) is 0 Å². The first-order valence-corrected chi connectivity index (χ1v) is 9.75. The van der Waals surface area contributed by atoms with Crippen molar-refractivity contribution in [1.82, 2.24) is 19.4 Å². The van der Waals surface area contributed by atoms with E-state index in [1.165, 1.54) is 11.1 Å². The Morgan fingerprint density at radius 3 is 2.62 bits per heavy atom. The molecule has 0 saturated carbocycles. The molecule has 0 N–H and O–H groups in total. The lowest BCUT2D eigenvalue weighted by atomic mass is 9.77. The fraction of sp³-hybridized carbons (Fsp3) is 0.409. The van der Waals surface area contributed by atoms with Gasteiger partial charge in [-0.15, -0.1) is 0 Å². The number of carbonyl (C=O) groups is 1. The Morgan fingerprint density at radius 2 is 1.93 bits per heavy atom. The molecule has 1 aromatic carbocycles. The number of hydrogen-bond donors (Lipinski definition) is 0. The minimum Gasteiger partial charge on any atom is -0.493 e. The highest BCUT2D eigenvalue weighted by Crippen LogP contribution is 2.42. The Bertz CT molecular complexity index is 1070. The molecule has 2 aromatic heterocycles. The van der Waals surface area contributed by atoms with E-state index >= 15 is 0 Å². The third kappa shape index (κ3) is 3.30. The van der Waals surface area contributed by atoms with Gasteiger partial charge < -0.3 is 18.9 Å². The molecule has 1 atom stereocenters. The molecule has 0 saturated heterocycles. The largest absolute Gasteiger partial charge is 0.493 e. The van der Waals surface area contributed by atoms with Gasteiger partial charge in [0.2, 0.25) is 0 Å². The molecular weight excluding hydrogens is 368 g/mol. The van der Waals surface area contributed by atoms with Gasteiger partial charge in [0.05, 0.1) is 26.1 Å². The molecule has 0 radical (unpaired) electrons. The van der Waals surface area contributed by atoms with Crippen LogP contribution in [-0.4, -0.2) is 53.2 Å². The van der Waals surface area contributed by atoms with E-state index in [0.29, 0.717) is 12.1 Å². The Hall–Kier alpha value is -3.09. The summed E-state index contributed by atoms with van der Waals surface area (Å²) >= 11 is 0. The van der Waals surface area contributed by atoms with Gasteiger partial charge in [0.25, 0.3) is 5.91 Å². The number of methoxy groups -OCH3 is 2. The van der Waals surface area contributed by atoms with Crippen LogP contribution in [0.4, 0.5) is 0 Å². The summed E-state index contributed by atoms with van der Waals surface area (Å²) in [5, 5.41) is 0. The van der Waals surface area contributed by atoms with Gasteiger partial charge in [-0.1, -0.05) is 0 Å². The van der Waals surface area contributed by atoms with Crippen LogP contribution in [0.2, 0.25) is 0 Å². The molecule has 29 heavy (non-hydrogen) atoms. The van der Waals surface area contributed by atoms with Gasteiger partial charge >= 0.3 is 0 Å². The van der Waals surface area contributed by atoms with E-state index in [0.717, 1.165) is 29.1 Å². The fourth-order valence-electron chi connectivity index (χ4n) is 3.95. The Morgan fingerprint density at radius 1 is 1.21 bits per heavy atom. The number of imidazole rings is 1. The van der Waals surface area contributed by atoms with Gasteiger partial charge in [-0.25, -0.2) is 9.97 Å². The highest BCUT2D eigenvalue weighted by molar-refractivity contribution is 5.96. The summed E-state index contributed by atoms with van der Waals surface area (Å²) in [6, 6.07) is 6.14. The maximum atomic E-state index is 12.9. The second kappa shape index (κ2) is 7.39. The van der Waals surface area contributed by atoms with E-state index in [9.17, 15) is 4.79 Å². The summed E-state index contributed by atoms with van der Waals surface area (Å²) in [4.78, 5) is 23.6. The summed E-state index contributed by atoms with van der Waals surface area (Å²) in [6.45, 7) is 4.80. The van der Waals surface area contributed by atoms with Crippen molar-refractivity contribution in [2.24, 2.45) is 0 Å². The summed E-state index contributed by atoms with van der Waals surface area (Å²) in [5.41, 5.74) is 4.56. The van der Waals surface area contributed by atoms with E-state index in [2.05, 4.69) is 23.8 Å². The molecule has 0 fully saturated rings. The van der Waals surface area contributed by atoms with Gasteiger partial charge in [0.15, 0.2) is 17.1 Å². The van der Waals surface area contributed by atoms with Crippen molar-refractivity contribution < 1.29 is 14.3 Å². The molecule has 1 aliphatic rings. The third-order valence-electron chi connectivity index (χ3n) is 5.61. The molecule has 3 aromatic rings. The molecule has 1 aliphatic carbocycles. The average molecular weight is 394 g/mol. The lowest BCUT2D eigenvalue weighted by Gasteiger charge is -2.34. The second-order valence-electron chi connectivity index (χ2n) is 7.81. The van der Waals surface area contributed by atoms with Crippen LogP contribution in [0.15, 0.2) is 30.7 Å². The second-order valence-corrected chi connectivity index (χ2v) is 7.81. The highest BCUT2D eigenvalue weighted by atomic mass is 16.5. The van der Waals surface area contributed by atoms with Crippen molar-refractivity contribution in [2.45, 2.75) is 32.2 Å². The van der Waals surface area contributed by atoms with Gasteiger partial charge in [-0.2, -0.15) is 0 Å². The monoisotopic (exact) mass is 394 g/mol. The van der Waals surface area contributed by atoms with Crippen LogP contribution in [0.1, 0.15) is 47.3 Å². The molecule has 4 rings (SSSR count). The minimum atomic E-state index is -0.0487. The quantitative estimate of drug-likeness (QED) is 0.641. The normalized spacial score (nSPS) is 15.2.